The van der Waals surface area contributed by atoms with Crippen LogP contribution in [0.3, 0.4) is 0 Å². The minimum atomic E-state index is -1.17. The molecule has 3 amide bonds. The maximum absolute atomic E-state index is 12.6. The maximum atomic E-state index is 12.6. The van der Waals surface area contributed by atoms with Crippen molar-refractivity contribution in [3.05, 3.63) is 58.1 Å². The van der Waals surface area contributed by atoms with E-state index in [1.54, 1.807) is 36.4 Å². The molecule has 0 radical (unpaired) electrons. The Hall–Kier alpha value is -2.87. The number of hydrogen-bond acceptors (Lipinski definition) is 4. The van der Waals surface area contributed by atoms with Crippen LogP contribution < -0.4 is 21.1 Å². The molecule has 0 saturated heterocycles. The van der Waals surface area contributed by atoms with E-state index in [1.165, 1.54) is 0 Å². The molecule has 8 heteroatoms. The number of rotatable bonds is 6. The Morgan fingerprint density at radius 3 is 2.37 bits per heavy atom. The zero-order chi connectivity index (χ0) is 20.0. The van der Waals surface area contributed by atoms with E-state index < -0.39 is 23.9 Å². The van der Waals surface area contributed by atoms with E-state index >= 15 is 0 Å². The number of para-hydroxylation sites is 1. The summed E-state index contributed by atoms with van der Waals surface area (Å²) in [6.07, 6.45) is -1.22. The van der Waals surface area contributed by atoms with Crippen molar-refractivity contribution in [1.29, 1.82) is 0 Å². The number of aryl methyl sites for hydroxylation is 2. The van der Waals surface area contributed by atoms with Crippen LogP contribution in [0.2, 0.25) is 0 Å². The first kappa shape index (κ1) is 20.4. The Morgan fingerprint density at radius 1 is 1.11 bits per heavy atom. The minimum Gasteiger partial charge on any atom is -0.410 e. The van der Waals surface area contributed by atoms with E-state index in [2.05, 4.69) is 26.6 Å². The summed E-state index contributed by atoms with van der Waals surface area (Å²) in [7, 11) is 0. The first-order valence-corrected chi connectivity index (χ1v) is 8.95. The van der Waals surface area contributed by atoms with Crippen LogP contribution in [0.1, 0.15) is 17.5 Å². The summed E-state index contributed by atoms with van der Waals surface area (Å²) in [6, 6.07) is 10.8. The molecule has 0 fully saturated rings. The summed E-state index contributed by atoms with van der Waals surface area (Å²) in [6.45, 7) is 3.86. The minimum absolute atomic E-state index is 0.310. The van der Waals surface area contributed by atoms with Crippen LogP contribution in [0.5, 0.6) is 5.75 Å². The highest BCUT2D eigenvalue weighted by Gasteiger charge is 2.24. The van der Waals surface area contributed by atoms with Gasteiger partial charge in [-0.05, 0) is 65.2 Å². The number of benzene rings is 2. The van der Waals surface area contributed by atoms with E-state index in [0.29, 0.717) is 15.9 Å². The fourth-order valence-corrected chi connectivity index (χ4v) is 2.83. The van der Waals surface area contributed by atoms with Gasteiger partial charge < -0.3 is 21.1 Å². The molecule has 0 aliphatic carbocycles. The molecule has 0 aliphatic rings. The number of carbonyl (C=O) groups excluding carboxylic acids is 3. The lowest BCUT2D eigenvalue weighted by molar-refractivity contribution is -0.123. The van der Waals surface area contributed by atoms with Crippen LogP contribution >= 0.6 is 15.9 Å². The third-order valence-electron chi connectivity index (χ3n) is 3.81. The lowest BCUT2D eigenvalue weighted by atomic mass is 10.1. The number of nitrogens with one attached hydrogen (secondary N) is 2. The van der Waals surface area contributed by atoms with Crippen LogP contribution in [0.25, 0.3) is 0 Å². The Bertz CT molecular complexity index is 856. The Morgan fingerprint density at radius 2 is 1.74 bits per heavy atom. The molecule has 0 spiro atoms. The van der Waals surface area contributed by atoms with E-state index in [-0.39, 0.29) is 6.42 Å². The standard InChI is InChI=1S/C19H20BrN3O4/c1-11-8-14(20)15(9-12(11)2)22-18(25)16(10-17(21)24)23-19(26)27-13-6-4-3-5-7-13/h3-9,16H,10H2,1-2H3,(H2,21,24)(H,22,25)(H,23,26)/t16-/m1/s1. The first-order chi connectivity index (χ1) is 12.8. The zero-order valence-electron chi connectivity index (χ0n) is 14.9. The normalized spacial score (nSPS) is 11.4. The van der Waals surface area contributed by atoms with Gasteiger partial charge in [0.25, 0.3) is 0 Å². The number of halogens is 1. The van der Waals surface area contributed by atoms with Gasteiger partial charge >= 0.3 is 6.09 Å². The molecule has 2 aromatic rings. The fourth-order valence-electron chi connectivity index (χ4n) is 2.27. The molecular weight excluding hydrogens is 414 g/mol. The lowest BCUT2D eigenvalue weighted by Crippen LogP contribution is -2.47. The second-order valence-electron chi connectivity index (χ2n) is 5.98. The van der Waals surface area contributed by atoms with E-state index in [0.717, 1.165) is 11.1 Å². The van der Waals surface area contributed by atoms with Crippen molar-refractivity contribution in [2.45, 2.75) is 26.3 Å². The van der Waals surface area contributed by atoms with E-state index in [4.69, 9.17) is 10.5 Å². The van der Waals surface area contributed by atoms with Gasteiger partial charge in [-0.25, -0.2) is 4.79 Å². The highest BCUT2D eigenvalue weighted by Crippen LogP contribution is 2.26. The largest absolute Gasteiger partial charge is 0.413 e. The molecule has 0 heterocycles. The smallest absolute Gasteiger partial charge is 0.410 e. The molecule has 2 rings (SSSR count). The Kier molecular flexibility index (Phi) is 6.95. The average molecular weight is 434 g/mol. The van der Waals surface area contributed by atoms with Crippen molar-refractivity contribution in [2.75, 3.05) is 5.32 Å². The third-order valence-corrected chi connectivity index (χ3v) is 4.46. The number of amides is 3. The fraction of sp³-hybridized carbons (Fsp3) is 0.211. The number of nitrogens with two attached hydrogens (primary N) is 1. The number of carbonyl (C=O) groups is 3. The zero-order valence-corrected chi connectivity index (χ0v) is 16.5. The van der Waals surface area contributed by atoms with Gasteiger partial charge in [-0.1, -0.05) is 18.2 Å². The van der Waals surface area contributed by atoms with Gasteiger partial charge in [0.05, 0.1) is 12.1 Å². The highest BCUT2D eigenvalue weighted by atomic mass is 79.9. The maximum Gasteiger partial charge on any atom is 0.413 e. The molecule has 2 aromatic carbocycles. The Labute approximate surface area is 165 Å². The van der Waals surface area contributed by atoms with Crippen molar-refractivity contribution in [3.63, 3.8) is 0 Å². The summed E-state index contributed by atoms with van der Waals surface area (Å²) >= 11 is 3.39. The van der Waals surface area contributed by atoms with Crippen molar-refractivity contribution in [3.8, 4) is 5.75 Å². The molecule has 0 aromatic heterocycles. The Balaban J connectivity index is 2.10. The van der Waals surface area contributed by atoms with Gasteiger partial charge in [0, 0.05) is 4.47 Å². The van der Waals surface area contributed by atoms with Crippen molar-refractivity contribution in [2.24, 2.45) is 5.73 Å². The summed E-state index contributed by atoms with van der Waals surface area (Å²) in [5.41, 5.74) is 7.77. The van der Waals surface area contributed by atoms with E-state index in [1.807, 2.05) is 19.9 Å². The summed E-state index contributed by atoms with van der Waals surface area (Å²) in [5.74, 6) is -0.998. The van der Waals surface area contributed by atoms with Crippen molar-refractivity contribution in [1.82, 2.24) is 5.32 Å². The lowest BCUT2D eigenvalue weighted by Gasteiger charge is -2.18. The van der Waals surface area contributed by atoms with Crippen LogP contribution in [0.15, 0.2) is 46.9 Å². The molecule has 0 bridgehead atoms. The van der Waals surface area contributed by atoms with Gasteiger partial charge in [0.15, 0.2) is 0 Å². The predicted molar refractivity (Wildman–Crippen MR) is 105 cm³/mol. The van der Waals surface area contributed by atoms with Gasteiger partial charge in [-0.15, -0.1) is 0 Å². The van der Waals surface area contributed by atoms with E-state index in [9.17, 15) is 14.4 Å². The van der Waals surface area contributed by atoms with Crippen molar-refractivity contribution < 1.29 is 19.1 Å². The second-order valence-corrected chi connectivity index (χ2v) is 6.83. The van der Waals surface area contributed by atoms with Crippen molar-refractivity contribution >= 4 is 39.5 Å². The van der Waals surface area contributed by atoms with Crippen LogP contribution in [0.4, 0.5) is 10.5 Å². The molecule has 142 valence electrons. The van der Waals surface area contributed by atoms with Crippen LogP contribution in [-0.2, 0) is 9.59 Å². The molecule has 0 aliphatic heterocycles. The number of anilines is 1. The number of hydrogen-bond donors (Lipinski definition) is 3. The van der Waals surface area contributed by atoms with Gasteiger partial charge in [0.1, 0.15) is 11.8 Å². The molecule has 0 saturated carbocycles. The van der Waals surface area contributed by atoms with Gasteiger partial charge in [-0.3, -0.25) is 9.59 Å². The molecule has 7 nitrogen and oxygen atoms in total. The topological polar surface area (TPSA) is 111 Å². The van der Waals surface area contributed by atoms with Gasteiger partial charge in [0.2, 0.25) is 11.8 Å². The van der Waals surface area contributed by atoms with Crippen LogP contribution in [-0.4, -0.2) is 23.9 Å². The van der Waals surface area contributed by atoms with Gasteiger partial charge in [-0.2, -0.15) is 0 Å². The first-order valence-electron chi connectivity index (χ1n) is 8.15. The third kappa shape index (κ3) is 6.10. The molecule has 4 N–H and O–H groups in total. The second kappa shape index (κ2) is 9.18. The molecule has 1 atom stereocenters. The SMILES string of the molecule is Cc1cc(Br)c(NC(=O)[C@@H](CC(N)=O)NC(=O)Oc2ccccc2)cc1C. The summed E-state index contributed by atoms with van der Waals surface area (Å²) < 4.78 is 5.78. The average Bonchev–Trinajstić information content (AvgIpc) is 2.59. The molecule has 27 heavy (non-hydrogen) atoms. The van der Waals surface area contributed by atoms with Crippen LogP contribution in [0, 0.1) is 13.8 Å². The predicted octanol–water partition coefficient (Wildman–Crippen LogP) is 3.04. The summed E-state index contributed by atoms with van der Waals surface area (Å²) in [5, 5.41) is 5.06. The monoisotopic (exact) mass is 433 g/mol. The summed E-state index contributed by atoms with van der Waals surface area (Å²) in [4.78, 5) is 35.9. The molecule has 0 unspecified atom stereocenters. The molecular formula is C19H20BrN3O4. The quantitative estimate of drug-likeness (QED) is 0.649. The number of primary amides is 1. The highest BCUT2D eigenvalue weighted by molar-refractivity contribution is 9.10. The number of ether oxygens (including phenoxy) is 1.